The highest BCUT2D eigenvalue weighted by molar-refractivity contribution is 5.96. The molecule has 0 amide bonds. The number of carbonyl (C=O) groups is 2. The molecule has 2 aromatic carbocycles. The smallest absolute Gasteiger partial charge is 0.309 e. The summed E-state index contributed by atoms with van der Waals surface area (Å²) in [5.74, 6) is 0.807. The van der Waals surface area contributed by atoms with Crippen molar-refractivity contribution in [3.05, 3.63) is 65.7 Å². The fraction of sp³-hybridized carbons (Fsp3) is 0.417. The van der Waals surface area contributed by atoms with E-state index in [1.807, 2.05) is 61.5 Å². The molecular formula is C24H30ClNO4. The molecule has 0 aliphatic carbocycles. The number of piperidine rings is 1. The third-order valence-electron chi connectivity index (χ3n) is 5.29. The van der Waals surface area contributed by atoms with Crippen LogP contribution in [0.2, 0.25) is 0 Å². The molecule has 0 unspecified atom stereocenters. The van der Waals surface area contributed by atoms with E-state index in [0.717, 1.165) is 43.8 Å². The number of nitrogens with zero attached hydrogens (tertiary/aromatic N) is 1. The second-order valence-electron chi connectivity index (χ2n) is 7.34. The maximum atomic E-state index is 12.5. The quantitative estimate of drug-likeness (QED) is 0.431. The molecule has 2 aromatic rings. The largest absolute Gasteiger partial charge is 0.489 e. The van der Waals surface area contributed by atoms with Crippen LogP contribution in [0, 0.1) is 5.92 Å². The van der Waals surface area contributed by atoms with Gasteiger partial charge in [0.2, 0.25) is 0 Å². The molecule has 0 saturated carbocycles. The number of benzene rings is 2. The molecule has 5 nitrogen and oxygen atoms in total. The maximum absolute atomic E-state index is 12.5. The Morgan fingerprint density at radius 1 is 1.00 bits per heavy atom. The van der Waals surface area contributed by atoms with E-state index in [4.69, 9.17) is 9.47 Å². The van der Waals surface area contributed by atoms with E-state index < -0.39 is 0 Å². The first-order chi connectivity index (χ1) is 14.2. The van der Waals surface area contributed by atoms with E-state index in [9.17, 15) is 9.59 Å². The molecule has 0 N–H and O–H groups in total. The topological polar surface area (TPSA) is 55.8 Å². The van der Waals surface area contributed by atoms with E-state index in [0.29, 0.717) is 25.2 Å². The Kier molecular flexibility index (Phi) is 9.84. The SMILES string of the molecule is CCOC(=O)C1CCN(CCC(=O)c2ccc(OCc3ccccc3)cc2)CC1.Cl. The molecule has 1 fully saturated rings. The molecule has 0 bridgehead atoms. The number of ether oxygens (including phenoxy) is 2. The molecule has 3 rings (SSSR count). The van der Waals surface area contributed by atoms with Gasteiger partial charge in [-0.1, -0.05) is 30.3 Å². The van der Waals surface area contributed by atoms with Crippen LogP contribution in [0.3, 0.4) is 0 Å². The number of carbonyl (C=O) groups excluding carboxylic acids is 2. The summed E-state index contributed by atoms with van der Waals surface area (Å²) in [4.78, 5) is 26.6. The van der Waals surface area contributed by atoms with Crippen LogP contribution in [0.5, 0.6) is 5.75 Å². The molecule has 30 heavy (non-hydrogen) atoms. The molecule has 162 valence electrons. The number of hydrogen-bond acceptors (Lipinski definition) is 5. The minimum atomic E-state index is -0.0854. The van der Waals surface area contributed by atoms with Gasteiger partial charge in [0.1, 0.15) is 12.4 Å². The zero-order valence-electron chi connectivity index (χ0n) is 17.4. The molecule has 0 aromatic heterocycles. The Labute approximate surface area is 184 Å². The Hall–Kier alpha value is -2.37. The van der Waals surface area contributed by atoms with Crippen molar-refractivity contribution in [3.8, 4) is 5.75 Å². The number of hydrogen-bond donors (Lipinski definition) is 0. The lowest BCUT2D eigenvalue weighted by Crippen LogP contribution is -2.38. The first-order valence-electron chi connectivity index (χ1n) is 10.3. The fourth-order valence-corrected chi connectivity index (χ4v) is 3.53. The van der Waals surface area contributed by atoms with Crippen LogP contribution in [0.25, 0.3) is 0 Å². The standard InChI is InChI=1S/C24H29NO4.ClH/c1-2-28-24(27)21-12-15-25(16-13-21)17-14-23(26)20-8-10-22(11-9-20)29-18-19-6-4-3-5-7-19;/h3-11,21H,2,12-18H2,1H3;1H. The lowest BCUT2D eigenvalue weighted by atomic mass is 9.96. The molecule has 0 spiro atoms. The third-order valence-corrected chi connectivity index (χ3v) is 5.29. The zero-order chi connectivity index (χ0) is 20.5. The number of esters is 1. The minimum Gasteiger partial charge on any atom is -0.489 e. The van der Waals surface area contributed by atoms with Gasteiger partial charge < -0.3 is 14.4 Å². The van der Waals surface area contributed by atoms with Crippen molar-refractivity contribution < 1.29 is 19.1 Å². The van der Waals surface area contributed by atoms with E-state index >= 15 is 0 Å². The van der Waals surface area contributed by atoms with Crippen LogP contribution in [-0.2, 0) is 16.1 Å². The predicted molar refractivity (Wildman–Crippen MR) is 119 cm³/mol. The van der Waals surface area contributed by atoms with Crippen LogP contribution in [-0.4, -0.2) is 42.9 Å². The summed E-state index contributed by atoms with van der Waals surface area (Å²) in [6, 6.07) is 17.3. The van der Waals surface area contributed by atoms with Crippen LogP contribution in [0.4, 0.5) is 0 Å². The number of halogens is 1. The molecule has 1 aliphatic rings. The summed E-state index contributed by atoms with van der Waals surface area (Å²) in [6.45, 7) is 5.17. The average Bonchev–Trinajstić information content (AvgIpc) is 2.77. The highest BCUT2D eigenvalue weighted by Crippen LogP contribution is 2.20. The van der Waals surface area contributed by atoms with Gasteiger partial charge in [0.15, 0.2) is 5.78 Å². The molecule has 0 radical (unpaired) electrons. The second kappa shape index (κ2) is 12.4. The van der Waals surface area contributed by atoms with Gasteiger partial charge in [-0.25, -0.2) is 0 Å². The number of rotatable bonds is 9. The minimum absolute atomic E-state index is 0. The Bertz CT molecular complexity index is 787. The van der Waals surface area contributed by atoms with E-state index in [2.05, 4.69) is 4.90 Å². The summed E-state index contributed by atoms with van der Waals surface area (Å²) >= 11 is 0. The molecule has 0 atom stereocenters. The Morgan fingerprint density at radius 3 is 2.30 bits per heavy atom. The Morgan fingerprint density at radius 2 is 1.67 bits per heavy atom. The van der Waals surface area contributed by atoms with Crippen molar-refractivity contribution in [1.29, 1.82) is 0 Å². The lowest BCUT2D eigenvalue weighted by molar-refractivity contribution is -0.149. The normalized spacial score (nSPS) is 14.6. The average molecular weight is 432 g/mol. The summed E-state index contributed by atoms with van der Waals surface area (Å²) in [7, 11) is 0. The summed E-state index contributed by atoms with van der Waals surface area (Å²) in [5.41, 5.74) is 1.82. The zero-order valence-corrected chi connectivity index (χ0v) is 18.2. The van der Waals surface area contributed by atoms with E-state index in [1.54, 1.807) is 0 Å². The highest BCUT2D eigenvalue weighted by atomic mass is 35.5. The summed E-state index contributed by atoms with van der Waals surface area (Å²) in [5, 5.41) is 0. The van der Waals surface area contributed by atoms with Gasteiger partial charge in [0.25, 0.3) is 0 Å². The number of Topliss-reactive ketones (excluding diaryl/α,β-unsaturated/α-hetero) is 1. The first-order valence-corrected chi connectivity index (χ1v) is 10.3. The van der Waals surface area contributed by atoms with Crippen LogP contribution in [0.1, 0.15) is 42.1 Å². The highest BCUT2D eigenvalue weighted by Gasteiger charge is 2.26. The molecular weight excluding hydrogens is 402 g/mol. The van der Waals surface area contributed by atoms with Crippen molar-refractivity contribution in [2.24, 2.45) is 5.92 Å². The molecule has 1 heterocycles. The van der Waals surface area contributed by atoms with Gasteiger partial charge in [0, 0.05) is 18.5 Å². The van der Waals surface area contributed by atoms with Gasteiger partial charge in [-0.2, -0.15) is 0 Å². The predicted octanol–water partition coefficient (Wildman–Crippen LogP) is 4.54. The lowest BCUT2D eigenvalue weighted by Gasteiger charge is -2.30. The van der Waals surface area contributed by atoms with Gasteiger partial charge in [0.05, 0.1) is 12.5 Å². The van der Waals surface area contributed by atoms with E-state index in [1.165, 1.54) is 0 Å². The molecule has 1 saturated heterocycles. The van der Waals surface area contributed by atoms with Crippen LogP contribution < -0.4 is 4.74 Å². The number of likely N-dealkylation sites (tertiary alicyclic amines) is 1. The van der Waals surface area contributed by atoms with Crippen molar-refractivity contribution >= 4 is 24.2 Å². The van der Waals surface area contributed by atoms with E-state index in [-0.39, 0.29) is 30.1 Å². The molecule has 1 aliphatic heterocycles. The van der Waals surface area contributed by atoms with Gasteiger partial charge in [-0.05, 0) is 62.7 Å². The second-order valence-corrected chi connectivity index (χ2v) is 7.34. The van der Waals surface area contributed by atoms with Crippen LogP contribution >= 0.6 is 12.4 Å². The van der Waals surface area contributed by atoms with Crippen molar-refractivity contribution in [1.82, 2.24) is 4.90 Å². The third kappa shape index (κ3) is 7.15. The van der Waals surface area contributed by atoms with Crippen molar-refractivity contribution in [2.75, 3.05) is 26.2 Å². The van der Waals surface area contributed by atoms with Gasteiger partial charge in [-0.15, -0.1) is 12.4 Å². The molecule has 6 heteroatoms. The van der Waals surface area contributed by atoms with Gasteiger partial charge >= 0.3 is 5.97 Å². The van der Waals surface area contributed by atoms with Gasteiger partial charge in [-0.3, -0.25) is 9.59 Å². The monoisotopic (exact) mass is 431 g/mol. The number of ketones is 1. The Balaban J connectivity index is 0.00000320. The summed E-state index contributed by atoms with van der Waals surface area (Å²) in [6.07, 6.45) is 2.09. The van der Waals surface area contributed by atoms with Crippen molar-refractivity contribution in [3.63, 3.8) is 0 Å². The fourth-order valence-electron chi connectivity index (χ4n) is 3.53. The maximum Gasteiger partial charge on any atom is 0.309 e. The van der Waals surface area contributed by atoms with Crippen molar-refractivity contribution in [2.45, 2.75) is 32.8 Å². The summed E-state index contributed by atoms with van der Waals surface area (Å²) < 4.78 is 10.9. The van der Waals surface area contributed by atoms with Crippen LogP contribution in [0.15, 0.2) is 54.6 Å². The first kappa shape index (κ1) is 23.9.